The van der Waals surface area contributed by atoms with E-state index in [0.29, 0.717) is 21.8 Å². The van der Waals surface area contributed by atoms with E-state index in [-0.39, 0.29) is 17.5 Å². The summed E-state index contributed by atoms with van der Waals surface area (Å²) in [7, 11) is 0. The number of benzene rings is 3. The van der Waals surface area contributed by atoms with E-state index >= 15 is 0 Å². The number of imide groups is 1. The fraction of sp³-hybridized carbons (Fsp3) is 0.172. The summed E-state index contributed by atoms with van der Waals surface area (Å²) in [6.07, 6.45) is 3.81. The maximum Gasteiger partial charge on any atom is 0.240 e. The van der Waals surface area contributed by atoms with Gasteiger partial charge in [-0.1, -0.05) is 57.9 Å². The van der Waals surface area contributed by atoms with Crippen LogP contribution in [0.2, 0.25) is 5.02 Å². The van der Waals surface area contributed by atoms with Crippen LogP contribution in [0.3, 0.4) is 0 Å². The predicted octanol–water partition coefficient (Wildman–Crippen LogP) is 5.58. The summed E-state index contributed by atoms with van der Waals surface area (Å²) in [5.74, 6) is -2.75. The van der Waals surface area contributed by atoms with Gasteiger partial charge in [-0.2, -0.15) is 0 Å². The standard InChI is InChI=1S/C29H20BrClN2O4/c1-15(34)16-5-11-21(12-6-16)32-28(36)24-22-13-7-17-4-10-20(31)14-23(17)33(22)26(25(24)29(32)37)27(35)18-2-8-19(30)9-3-18/h2-14,22,24-26H,1H3/t22-,24+,25+,26+/m1/s1. The van der Waals surface area contributed by atoms with Crippen LogP contribution in [-0.4, -0.2) is 35.5 Å². The van der Waals surface area contributed by atoms with Crippen molar-refractivity contribution in [2.75, 3.05) is 9.80 Å². The molecule has 0 saturated carbocycles. The van der Waals surface area contributed by atoms with E-state index in [1.165, 1.54) is 11.8 Å². The van der Waals surface area contributed by atoms with Crippen LogP contribution in [0, 0.1) is 11.8 Å². The molecular formula is C29H20BrClN2O4. The Morgan fingerprint density at radius 3 is 2.19 bits per heavy atom. The molecule has 3 aliphatic rings. The van der Waals surface area contributed by atoms with E-state index in [4.69, 9.17) is 11.6 Å². The number of anilines is 2. The van der Waals surface area contributed by atoms with Crippen molar-refractivity contribution in [2.24, 2.45) is 11.8 Å². The first-order valence-electron chi connectivity index (χ1n) is 11.8. The average Bonchev–Trinajstić information content (AvgIpc) is 3.36. The molecule has 0 spiro atoms. The van der Waals surface area contributed by atoms with E-state index in [0.717, 1.165) is 15.7 Å². The summed E-state index contributed by atoms with van der Waals surface area (Å²) in [6, 6.07) is 17.4. The van der Waals surface area contributed by atoms with Crippen LogP contribution in [-0.2, 0) is 9.59 Å². The molecule has 0 bridgehead atoms. The molecule has 3 heterocycles. The number of hydrogen-bond donors (Lipinski definition) is 0. The number of nitrogens with zero attached hydrogens (tertiary/aromatic N) is 2. The number of rotatable bonds is 4. The van der Waals surface area contributed by atoms with Crippen molar-refractivity contribution in [3.8, 4) is 0 Å². The van der Waals surface area contributed by atoms with E-state index in [9.17, 15) is 19.2 Å². The molecule has 3 aromatic rings. The molecule has 0 unspecified atom stereocenters. The molecule has 0 N–H and O–H groups in total. The second kappa shape index (κ2) is 8.78. The third-order valence-corrected chi connectivity index (χ3v) is 8.16. The van der Waals surface area contributed by atoms with Crippen LogP contribution < -0.4 is 9.80 Å². The SMILES string of the molecule is CC(=O)c1ccc(N2C(=O)[C@@H]3[C@H](C2=O)[C@@H](C(=O)c2ccc(Br)cc2)N2c4cc(Cl)ccc4C=C[C@H]32)cc1. The van der Waals surface area contributed by atoms with E-state index < -0.39 is 29.8 Å². The lowest BCUT2D eigenvalue weighted by molar-refractivity contribution is -0.122. The zero-order valence-electron chi connectivity index (χ0n) is 19.6. The fourth-order valence-corrected chi connectivity index (χ4v) is 6.15. The molecule has 6 nitrogen and oxygen atoms in total. The largest absolute Gasteiger partial charge is 0.352 e. The first kappa shape index (κ1) is 23.8. The number of hydrogen-bond acceptors (Lipinski definition) is 5. The average molecular weight is 576 g/mol. The van der Waals surface area contributed by atoms with Gasteiger partial charge < -0.3 is 4.90 Å². The van der Waals surface area contributed by atoms with Crippen molar-refractivity contribution < 1.29 is 19.2 Å². The maximum atomic E-state index is 14.0. The fourth-order valence-electron chi connectivity index (χ4n) is 5.72. The molecule has 37 heavy (non-hydrogen) atoms. The molecule has 3 aromatic carbocycles. The summed E-state index contributed by atoms with van der Waals surface area (Å²) in [4.78, 5) is 56.6. The van der Waals surface area contributed by atoms with Gasteiger partial charge in [0, 0.05) is 26.3 Å². The van der Waals surface area contributed by atoms with E-state index in [2.05, 4.69) is 15.9 Å². The van der Waals surface area contributed by atoms with Gasteiger partial charge in [-0.05, 0) is 61.0 Å². The highest BCUT2D eigenvalue weighted by Gasteiger charge is 2.64. The molecule has 0 aliphatic carbocycles. The third-order valence-electron chi connectivity index (χ3n) is 7.40. The molecule has 2 saturated heterocycles. The number of ketones is 2. The van der Waals surface area contributed by atoms with E-state index in [1.807, 2.05) is 23.1 Å². The minimum absolute atomic E-state index is 0.108. The third kappa shape index (κ3) is 3.68. The lowest BCUT2D eigenvalue weighted by atomic mass is 9.86. The molecule has 8 heteroatoms. The van der Waals surface area contributed by atoms with Crippen LogP contribution in [0.25, 0.3) is 6.08 Å². The van der Waals surface area contributed by atoms with Gasteiger partial charge in [0.15, 0.2) is 11.6 Å². The van der Waals surface area contributed by atoms with Gasteiger partial charge in [0.05, 0.1) is 23.6 Å². The first-order chi connectivity index (χ1) is 17.8. The molecule has 184 valence electrons. The topological polar surface area (TPSA) is 74.8 Å². The Bertz CT molecular complexity index is 1520. The van der Waals surface area contributed by atoms with Gasteiger partial charge >= 0.3 is 0 Å². The van der Waals surface area contributed by atoms with Crippen LogP contribution in [0.15, 0.2) is 77.3 Å². The summed E-state index contributed by atoms with van der Waals surface area (Å²) >= 11 is 9.74. The minimum atomic E-state index is -0.892. The molecule has 3 aliphatic heterocycles. The summed E-state index contributed by atoms with van der Waals surface area (Å²) in [5, 5.41) is 0.504. The normalized spacial score (nSPS) is 23.6. The zero-order chi connectivity index (χ0) is 26.0. The van der Waals surface area contributed by atoms with Crippen LogP contribution in [0.1, 0.15) is 33.2 Å². The highest BCUT2D eigenvalue weighted by atomic mass is 79.9. The van der Waals surface area contributed by atoms with Crippen molar-refractivity contribution in [1.82, 2.24) is 0 Å². The second-order valence-electron chi connectivity index (χ2n) is 9.44. The van der Waals surface area contributed by atoms with Crippen LogP contribution >= 0.6 is 27.5 Å². The number of carbonyl (C=O) groups is 4. The zero-order valence-corrected chi connectivity index (χ0v) is 21.9. The Morgan fingerprint density at radius 1 is 0.865 bits per heavy atom. The van der Waals surface area contributed by atoms with Gasteiger partial charge in [0.1, 0.15) is 6.04 Å². The maximum absolute atomic E-state index is 14.0. The smallest absolute Gasteiger partial charge is 0.240 e. The first-order valence-corrected chi connectivity index (χ1v) is 13.0. The molecule has 2 amide bonds. The molecular weight excluding hydrogens is 556 g/mol. The van der Waals surface area contributed by atoms with Crippen molar-refractivity contribution in [3.05, 3.63) is 99.0 Å². The number of amides is 2. The lowest BCUT2D eigenvalue weighted by Crippen LogP contribution is -2.48. The number of Topliss-reactive ketones (excluding diaryl/α,β-unsaturated/α-hetero) is 2. The van der Waals surface area contributed by atoms with Crippen molar-refractivity contribution in [3.63, 3.8) is 0 Å². The quantitative estimate of drug-likeness (QED) is 0.300. The van der Waals surface area contributed by atoms with Crippen molar-refractivity contribution in [1.29, 1.82) is 0 Å². The Balaban J connectivity index is 1.47. The van der Waals surface area contributed by atoms with Gasteiger partial charge in [0.25, 0.3) is 0 Å². The summed E-state index contributed by atoms with van der Waals surface area (Å²) in [5.41, 5.74) is 2.92. The molecule has 4 atom stereocenters. The highest BCUT2D eigenvalue weighted by Crippen LogP contribution is 2.50. The second-order valence-corrected chi connectivity index (χ2v) is 10.8. The Kier molecular flexibility index (Phi) is 5.66. The van der Waals surface area contributed by atoms with Gasteiger partial charge in [-0.3, -0.25) is 19.2 Å². The Hall–Kier alpha value is -3.55. The van der Waals surface area contributed by atoms with Gasteiger partial charge in [-0.15, -0.1) is 0 Å². The highest BCUT2D eigenvalue weighted by molar-refractivity contribution is 9.10. The number of carbonyl (C=O) groups excluding carboxylic acids is 4. The van der Waals surface area contributed by atoms with Gasteiger partial charge in [0.2, 0.25) is 11.8 Å². The summed E-state index contributed by atoms with van der Waals surface area (Å²) < 4.78 is 0.830. The van der Waals surface area contributed by atoms with Crippen molar-refractivity contribution >= 4 is 68.4 Å². The van der Waals surface area contributed by atoms with Crippen molar-refractivity contribution in [2.45, 2.75) is 19.0 Å². The van der Waals surface area contributed by atoms with Crippen LogP contribution in [0.4, 0.5) is 11.4 Å². The molecule has 0 radical (unpaired) electrons. The van der Waals surface area contributed by atoms with Crippen LogP contribution in [0.5, 0.6) is 0 Å². The predicted molar refractivity (Wildman–Crippen MR) is 145 cm³/mol. The Labute approximate surface area is 226 Å². The Morgan fingerprint density at radius 2 is 1.51 bits per heavy atom. The summed E-state index contributed by atoms with van der Waals surface area (Å²) in [6.45, 7) is 1.46. The number of halogens is 2. The van der Waals surface area contributed by atoms with E-state index in [1.54, 1.807) is 60.7 Å². The lowest BCUT2D eigenvalue weighted by Gasteiger charge is -2.36. The number of fused-ring (bicyclic) bond motifs is 5. The monoisotopic (exact) mass is 574 g/mol. The molecule has 6 rings (SSSR count). The molecule has 2 fully saturated rings. The molecule has 0 aromatic heterocycles. The minimum Gasteiger partial charge on any atom is -0.352 e. The van der Waals surface area contributed by atoms with Gasteiger partial charge in [-0.25, -0.2) is 4.90 Å².